The second kappa shape index (κ2) is 10.9. The van der Waals surface area contributed by atoms with Gasteiger partial charge in [-0.05, 0) is 54.4 Å². The lowest BCUT2D eigenvalue weighted by molar-refractivity contribution is -0.129. The molecule has 1 amide bonds. The van der Waals surface area contributed by atoms with Crippen molar-refractivity contribution in [2.75, 3.05) is 31.1 Å². The standard InChI is InChI=1S/C32H36N2O2.ClH/c35-30-17-18-32(25-12-3-1-4-13-25,26-14-5-2-6-15-26)28-23-34(22-27(28)30)31(36)21-24-11-7-8-16-29(24)33-19-9-10-20-33;/h1-8,11-16,27-28,30,35H,9-10,17-23H2;1H/t27-,28+,30-;/m0./s1. The number of halogens is 1. The van der Waals surface area contributed by atoms with Gasteiger partial charge in [0.15, 0.2) is 0 Å². The second-order valence-corrected chi connectivity index (χ2v) is 10.9. The van der Waals surface area contributed by atoms with Crippen molar-refractivity contribution in [2.45, 2.75) is 43.6 Å². The van der Waals surface area contributed by atoms with Gasteiger partial charge in [0.05, 0.1) is 12.5 Å². The van der Waals surface area contributed by atoms with Crippen LogP contribution in [0.3, 0.4) is 0 Å². The fraction of sp³-hybridized carbons (Fsp3) is 0.406. The van der Waals surface area contributed by atoms with Crippen molar-refractivity contribution < 1.29 is 9.90 Å². The first-order valence-electron chi connectivity index (χ1n) is 13.6. The second-order valence-electron chi connectivity index (χ2n) is 10.9. The maximum Gasteiger partial charge on any atom is 0.227 e. The molecule has 6 rings (SSSR count). The molecule has 37 heavy (non-hydrogen) atoms. The number of aliphatic hydroxyl groups is 1. The molecule has 0 unspecified atom stereocenters. The predicted octanol–water partition coefficient (Wildman–Crippen LogP) is 5.47. The Hall–Kier alpha value is -2.82. The summed E-state index contributed by atoms with van der Waals surface area (Å²) in [5.41, 5.74) is 4.73. The number of likely N-dealkylation sites (tertiary alicyclic amines) is 1. The molecule has 4 nitrogen and oxygen atoms in total. The fourth-order valence-corrected chi connectivity index (χ4v) is 7.28. The number of anilines is 1. The summed E-state index contributed by atoms with van der Waals surface area (Å²) >= 11 is 0. The molecule has 2 heterocycles. The molecular weight excluding hydrogens is 480 g/mol. The third kappa shape index (κ3) is 4.66. The highest BCUT2D eigenvalue weighted by atomic mass is 35.5. The van der Waals surface area contributed by atoms with Crippen molar-refractivity contribution in [1.82, 2.24) is 4.90 Å². The molecular formula is C32H37ClN2O2. The Morgan fingerprint density at radius 3 is 2.08 bits per heavy atom. The number of aliphatic hydroxyl groups excluding tert-OH is 1. The Balaban J connectivity index is 0.00000280. The third-order valence-corrected chi connectivity index (χ3v) is 9.04. The fourth-order valence-electron chi connectivity index (χ4n) is 7.28. The topological polar surface area (TPSA) is 43.8 Å². The van der Waals surface area contributed by atoms with Crippen LogP contribution < -0.4 is 4.90 Å². The highest BCUT2D eigenvalue weighted by Gasteiger charge is 2.55. The SMILES string of the molecule is Cl.O=C(Cc1ccccc1N1CCCC1)N1C[C@H]2[C@@H](C1)C(c1ccccc1)(c1ccccc1)CC[C@@H]2O. The zero-order chi connectivity index (χ0) is 24.5. The normalized spacial score (nSPS) is 24.4. The van der Waals surface area contributed by atoms with Crippen LogP contribution in [0.25, 0.3) is 0 Å². The number of rotatable bonds is 5. The van der Waals surface area contributed by atoms with E-state index in [1.807, 2.05) is 11.0 Å². The number of hydrogen-bond acceptors (Lipinski definition) is 3. The lowest BCUT2D eigenvalue weighted by atomic mass is 9.56. The van der Waals surface area contributed by atoms with Gasteiger partial charge in [0, 0.05) is 43.2 Å². The lowest BCUT2D eigenvalue weighted by Crippen LogP contribution is -2.48. The van der Waals surface area contributed by atoms with Gasteiger partial charge in [-0.3, -0.25) is 4.79 Å². The summed E-state index contributed by atoms with van der Waals surface area (Å²) in [7, 11) is 0. The van der Waals surface area contributed by atoms with Gasteiger partial charge in [-0.2, -0.15) is 0 Å². The van der Waals surface area contributed by atoms with Crippen molar-refractivity contribution in [2.24, 2.45) is 11.8 Å². The van der Waals surface area contributed by atoms with Gasteiger partial charge in [-0.25, -0.2) is 0 Å². The zero-order valence-corrected chi connectivity index (χ0v) is 22.2. The van der Waals surface area contributed by atoms with Crippen LogP contribution in [0.1, 0.15) is 42.4 Å². The Morgan fingerprint density at radius 1 is 0.838 bits per heavy atom. The maximum absolute atomic E-state index is 13.7. The Labute approximate surface area is 226 Å². The van der Waals surface area contributed by atoms with E-state index in [1.165, 1.54) is 29.7 Å². The van der Waals surface area contributed by atoms with E-state index in [1.54, 1.807) is 0 Å². The summed E-state index contributed by atoms with van der Waals surface area (Å²) in [4.78, 5) is 18.2. The molecule has 3 fully saturated rings. The van der Waals surface area contributed by atoms with E-state index in [9.17, 15) is 9.90 Å². The number of nitrogens with zero attached hydrogens (tertiary/aromatic N) is 2. The summed E-state index contributed by atoms with van der Waals surface area (Å²) in [5, 5.41) is 11.1. The van der Waals surface area contributed by atoms with Crippen molar-refractivity contribution in [1.29, 1.82) is 0 Å². The number of amides is 1. The van der Waals surface area contributed by atoms with E-state index in [4.69, 9.17) is 0 Å². The summed E-state index contributed by atoms with van der Waals surface area (Å²) in [5.74, 6) is 0.444. The molecule has 1 aliphatic carbocycles. The average molecular weight is 517 g/mol. The minimum Gasteiger partial charge on any atom is -0.393 e. The van der Waals surface area contributed by atoms with E-state index in [0.29, 0.717) is 19.5 Å². The van der Waals surface area contributed by atoms with E-state index in [0.717, 1.165) is 31.5 Å². The van der Waals surface area contributed by atoms with Crippen molar-refractivity contribution >= 4 is 24.0 Å². The van der Waals surface area contributed by atoms with Crippen LogP contribution >= 0.6 is 12.4 Å². The Kier molecular flexibility index (Phi) is 7.60. The number of fused-ring (bicyclic) bond motifs is 1. The molecule has 0 radical (unpaired) electrons. The van der Waals surface area contributed by atoms with Crippen LogP contribution in [0.4, 0.5) is 5.69 Å². The number of hydrogen-bond donors (Lipinski definition) is 1. The van der Waals surface area contributed by atoms with Crippen molar-refractivity contribution in [3.8, 4) is 0 Å². The number of benzene rings is 3. The number of carbonyl (C=O) groups excluding carboxylic acids is 1. The van der Waals surface area contributed by atoms with Crippen LogP contribution in [0, 0.1) is 11.8 Å². The van der Waals surface area contributed by atoms with E-state index < -0.39 is 0 Å². The zero-order valence-electron chi connectivity index (χ0n) is 21.3. The van der Waals surface area contributed by atoms with E-state index in [-0.39, 0.29) is 41.7 Å². The first kappa shape index (κ1) is 25.8. The summed E-state index contributed by atoms with van der Waals surface area (Å²) in [6.45, 7) is 3.47. The quantitative estimate of drug-likeness (QED) is 0.489. The van der Waals surface area contributed by atoms with Crippen LogP contribution in [-0.2, 0) is 16.6 Å². The maximum atomic E-state index is 13.7. The number of para-hydroxylation sites is 1. The molecule has 0 bridgehead atoms. The molecule has 1 N–H and O–H groups in total. The van der Waals surface area contributed by atoms with Crippen molar-refractivity contribution in [3.05, 3.63) is 102 Å². The van der Waals surface area contributed by atoms with Gasteiger partial charge < -0.3 is 14.9 Å². The average Bonchev–Trinajstić information content (AvgIpc) is 3.62. The Morgan fingerprint density at radius 2 is 1.43 bits per heavy atom. The molecule has 3 aromatic carbocycles. The monoisotopic (exact) mass is 516 g/mol. The number of carbonyl (C=O) groups is 1. The summed E-state index contributed by atoms with van der Waals surface area (Å²) in [6.07, 6.45) is 4.14. The van der Waals surface area contributed by atoms with Gasteiger partial charge in [-0.15, -0.1) is 12.4 Å². The van der Waals surface area contributed by atoms with Crippen LogP contribution in [0.15, 0.2) is 84.9 Å². The van der Waals surface area contributed by atoms with E-state index in [2.05, 4.69) is 83.8 Å². The van der Waals surface area contributed by atoms with Gasteiger partial charge in [-0.1, -0.05) is 78.9 Å². The van der Waals surface area contributed by atoms with Crippen LogP contribution in [0.5, 0.6) is 0 Å². The molecule has 2 aliphatic heterocycles. The molecule has 194 valence electrons. The molecule has 0 aromatic heterocycles. The smallest absolute Gasteiger partial charge is 0.227 e. The van der Waals surface area contributed by atoms with Gasteiger partial charge in [0.2, 0.25) is 5.91 Å². The summed E-state index contributed by atoms with van der Waals surface area (Å²) in [6, 6.07) is 30.0. The molecule has 1 saturated carbocycles. The third-order valence-electron chi connectivity index (χ3n) is 9.04. The molecule has 3 atom stereocenters. The van der Waals surface area contributed by atoms with Gasteiger partial charge >= 0.3 is 0 Å². The lowest BCUT2D eigenvalue weighted by Gasteiger charge is -2.48. The highest BCUT2D eigenvalue weighted by molar-refractivity contribution is 5.85. The molecule has 3 aliphatic rings. The Bertz CT molecular complexity index is 1160. The van der Waals surface area contributed by atoms with Crippen LogP contribution in [0.2, 0.25) is 0 Å². The summed E-state index contributed by atoms with van der Waals surface area (Å²) < 4.78 is 0. The molecule has 5 heteroatoms. The predicted molar refractivity (Wildman–Crippen MR) is 151 cm³/mol. The van der Waals surface area contributed by atoms with Crippen molar-refractivity contribution in [3.63, 3.8) is 0 Å². The first-order chi connectivity index (χ1) is 17.7. The first-order valence-corrected chi connectivity index (χ1v) is 13.6. The van der Waals surface area contributed by atoms with E-state index >= 15 is 0 Å². The van der Waals surface area contributed by atoms with Gasteiger partial charge in [0.25, 0.3) is 0 Å². The molecule has 3 aromatic rings. The van der Waals surface area contributed by atoms with Crippen LogP contribution in [-0.4, -0.2) is 48.2 Å². The minimum absolute atomic E-state index is 0. The minimum atomic E-state index is -0.370. The highest BCUT2D eigenvalue weighted by Crippen LogP contribution is 2.53. The largest absolute Gasteiger partial charge is 0.393 e. The molecule has 0 spiro atoms. The molecule has 2 saturated heterocycles. The van der Waals surface area contributed by atoms with Gasteiger partial charge in [0.1, 0.15) is 0 Å².